The molecule has 2 aromatic carbocycles. The molecule has 2 rings (SSSR count). The van der Waals surface area contributed by atoms with Crippen molar-refractivity contribution in [3.8, 4) is 0 Å². The van der Waals surface area contributed by atoms with Crippen molar-refractivity contribution in [1.29, 1.82) is 0 Å². The van der Waals surface area contributed by atoms with Gasteiger partial charge in [0.25, 0.3) is 0 Å². The van der Waals surface area contributed by atoms with Crippen LogP contribution >= 0.6 is 0 Å². The lowest BCUT2D eigenvalue weighted by Crippen LogP contribution is -2.19. The summed E-state index contributed by atoms with van der Waals surface area (Å²) < 4.78 is 0. The molecule has 0 aliphatic rings. The molecule has 0 bridgehead atoms. The Balaban J connectivity index is 1.99. The Hall–Kier alpha value is -2.33. The quantitative estimate of drug-likeness (QED) is 0.796. The van der Waals surface area contributed by atoms with Crippen LogP contribution in [0.3, 0.4) is 0 Å². The molecular weight excluding hydrogens is 262 g/mol. The van der Waals surface area contributed by atoms with Gasteiger partial charge < -0.3 is 16.4 Å². The molecule has 110 valence electrons. The first-order valence-corrected chi connectivity index (χ1v) is 7.05. The van der Waals surface area contributed by atoms with Gasteiger partial charge in [-0.05, 0) is 41.3 Å². The number of nitrogens with two attached hydrogens (primary N) is 1. The van der Waals surface area contributed by atoms with Gasteiger partial charge in [0.15, 0.2) is 0 Å². The van der Waals surface area contributed by atoms with Gasteiger partial charge in [-0.1, -0.05) is 38.1 Å². The van der Waals surface area contributed by atoms with Crippen LogP contribution in [0.2, 0.25) is 0 Å². The number of benzene rings is 2. The SMILES string of the molecule is CC(C)c1cccc(NC(=O)Nc2ccc(CN)cc2)c1. The summed E-state index contributed by atoms with van der Waals surface area (Å²) in [6, 6.07) is 15.1. The van der Waals surface area contributed by atoms with Crippen molar-refractivity contribution in [1.82, 2.24) is 0 Å². The van der Waals surface area contributed by atoms with E-state index in [2.05, 4.69) is 30.5 Å². The van der Waals surface area contributed by atoms with Gasteiger partial charge in [0.1, 0.15) is 0 Å². The van der Waals surface area contributed by atoms with Gasteiger partial charge in [0, 0.05) is 17.9 Å². The Morgan fingerprint density at radius 3 is 2.33 bits per heavy atom. The van der Waals surface area contributed by atoms with Crippen LogP contribution in [0.1, 0.15) is 30.9 Å². The van der Waals surface area contributed by atoms with Gasteiger partial charge in [0.05, 0.1) is 0 Å². The van der Waals surface area contributed by atoms with Gasteiger partial charge in [-0.3, -0.25) is 0 Å². The molecule has 4 nitrogen and oxygen atoms in total. The summed E-state index contributed by atoms with van der Waals surface area (Å²) in [7, 11) is 0. The Kier molecular flexibility index (Phi) is 4.95. The van der Waals surface area contributed by atoms with Crippen molar-refractivity contribution in [3.05, 3.63) is 59.7 Å². The molecule has 0 heterocycles. The highest BCUT2D eigenvalue weighted by molar-refractivity contribution is 5.99. The molecule has 0 saturated carbocycles. The van der Waals surface area contributed by atoms with Crippen molar-refractivity contribution in [2.45, 2.75) is 26.3 Å². The van der Waals surface area contributed by atoms with E-state index in [0.717, 1.165) is 16.9 Å². The molecule has 2 amide bonds. The average Bonchev–Trinajstić information content (AvgIpc) is 2.48. The van der Waals surface area contributed by atoms with Crippen LogP contribution in [0.5, 0.6) is 0 Å². The van der Waals surface area contributed by atoms with Gasteiger partial charge in [-0.2, -0.15) is 0 Å². The van der Waals surface area contributed by atoms with Gasteiger partial charge >= 0.3 is 6.03 Å². The lowest BCUT2D eigenvalue weighted by molar-refractivity contribution is 0.262. The van der Waals surface area contributed by atoms with E-state index in [4.69, 9.17) is 5.73 Å². The lowest BCUT2D eigenvalue weighted by atomic mass is 10.0. The summed E-state index contributed by atoms with van der Waals surface area (Å²) in [5.41, 5.74) is 9.30. The standard InChI is InChI=1S/C17H21N3O/c1-12(2)14-4-3-5-16(10-14)20-17(21)19-15-8-6-13(11-18)7-9-15/h3-10,12H,11,18H2,1-2H3,(H2,19,20,21). The van der Waals surface area contributed by atoms with Crippen molar-refractivity contribution in [2.75, 3.05) is 10.6 Å². The minimum atomic E-state index is -0.253. The van der Waals surface area contributed by atoms with E-state index in [-0.39, 0.29) is 6.03 Å². The summed E-state index contributed by atoms with van der Waals surface area (Å²) in [6.45, 7) is 4.74. The first-order chi connectivity index (χ1) is 10.1. The molecule has 0 saturated heterocycles. The predicted molar refractivity (Wildman–Crippen MR) is 87.5 cm³/mol. The zero-order valence-electron chi connectivity index (χ0n) is 12.4. The molecule has 21 heavy (non-hydrogen) atoms. The number of urea groups is 1. The second kappa shape index (κ2) is 6.90. The number of hydrogen-bond donors (Lipinski definition) is 3. The Bertz CT molecular complexity index is 606. The number of rotatable bonds is 4. The molecule has 0 atom stereocenters. The van der Waals surface area contributed by atoms with Crippen molar-refractivity contribution >= 4 is 17.4 Å². The minimum absolute atomic E-state index is 0.253. The van der Waals surface area contributed by atoms with E-state index in [1.165, 1.54) is 5.56 Å². The molecule has 4 N–H and O–H groups in total. The van der Waals surface area contributed by atoms with Crippen molar-refractivity contribution in [3.63, 3.8) is 0 Å². The molecule has 0 spiro atoms. The number of nitrogens with one attached hydrogen (secondary N) is 2. The smallest absolute Gasteiger partial charge is 0.323 e. The maximum Gasteiger partial charge on any atom is 0.323 e. The third-order valence-corrected chi connectivity index (χ3v) is 3.26. The molecule has 2 aromatic rings. The van der Waals surface area contributed by atoms with Gasteiger partial charge in [0.2, 0.25) is 0 Å². The van der Waals surface area contributed by atoms with Gasteiger partial charge in [-0.15, -0.1) is 0 Å². The topological polar surface area (TPSA) is 67.2 Å². The predicted octanol–water partition coefficient (Wildman–Crippen LogP) is 3.91. The van der Waals surface area contributed by atoms with E-state index >= 15 is 0 Å². The fourth-order valence-corrected chi connectivity index (χ4v) is 1.99. The maximum absolute atomic E-state index is 12.0. The lowest BCUT2D eigenvalue weighted by Gasteiger charge is -2.11. The number of carbonyl (C=O) groups is 1. The highest BCUT2D eigenvalue weighted by atomic mass is 16.2. The van der Waals surface area contributed by atoms with Crippen molar-refractivity contribution in [2.24, 2.45) is 5.73 Å². The second-order valence-electron chi connectivity index (χ2n) is 5.26. The van der Waals surface area contributed by atoms with Crippen LogP contribution in [0.25, 0.3) is 0 Å². The van der Waals surface area contributed by atoms with Crippen LogP contribution in [0.4, 0.5) is 16.2 Å². The molecule has 0 aliphatic carbocycles. The summed E-state index contributed by atoms with van der Waals surface area (Å²) in [5.74, 6) is 0.429. The van der Waals surface area contributed by atoms with Crippen LogP contribution < -0.4 is 16.4 Å². The molecule has 0 aliphatic heterocycles. The van der Waals surface area contributed by atoms with E-state index in [9.17, 15) is 4.79 Å². The van der Waals surface area contributed by atoms with Gasteiger partial charge in [-0.25, -0.2) is 4.79 Å². The third kappa shape index (κ3) is 4.33. The fourth-order valence-electron chi connectivity index (χ4n) is 1.99. The number of hydrogen-bond acceptors (Lipinski definition) is 2. The Labute approximate surface area is 125 Å². The van der Waals surface area contributed by atoms with Crippen LogP contribution in [-0.4, -0.2) is 6.03 Å². The van der Waals surface area contributed by atoms with Crippen molar-refractivity contribution < 1.29 is 4.79 Å². The molecule has 0 aromatic heterocycles. The Morgan fingerprint density at radius 1 is 1.05 bits per heavy atom. The molecular formula is C17H21N3O. The van der Waals surface area contributed by atoms with E-state index in [1.54, 1.807) is 0 Å². The van der Waals surface area contributed by atoms with E-state index in [0.29, 0.717) is 12.5 Å². The minimum Gasteiger partial charge on any atom is -0.326 e. The Morgan fingerprint density at radius 2 is 1.71 bits per heavy atom. The third-order valence-electron chi connectivity index (χ3n) is 3.26. The normalized spacial score (nSPS) is 10.5. The second-order valence-corrected chi connectivity index (χ2v) is 5.26. The van der Waals surface area contributed by atoms with Crippen LogP contribution in [0, 0.1) is 0 Å². The number of carbonyl (C=O) groups excluding carboxylic acids is 1. The number of anilines is 2. The van der Waals surface area contributed by atoms with Crippen LogP contribution in [0.15, 0.2) is 48.5 Å². The van der Waals surface area contributed by atoms with E-state index < -0.39 is 0 Å². The highest BCUT2D eigenvalue weighted by Crippen LogP contribution is 2.18. The zero-order chi connectivity index (χ0) is 15.2. The molecule has 0 radical (unpaired) electrons. The molecule has 0 fully saturated rings. The summed E-state index contributed by atoms with van der Waals surface area (Å²) in [4.78, 5) is 12.0. The largest absolute Gasteiger partial charge is 0.326 e. The molecule has 0 unspecified atom stereocenters. The highest BCUT2D eigenvalue weighted by Gasteiger charge is 2.05. The average molecular weight is 283 g/mol. The molecule has 4 heteroatoms. The van der Waals surface area contributed by atoms with Crippen LogP contribution in [-0.2, 0) is 6.54 Å². The monoisotopic (exact) mass is 283 g/mol. The number of amides is 2. The maximum atomic E-state index is 12.0. The van der Waals surface area contributed by atoms with E-state index in [1.807, 2.05) is 42.5 Å². The summed E-state index contributed by atoms with van der Waals surface area (Å²) in [6.07, 6.45) is 0. The summed E-state index contributed by atoms with van der Waals surface area (Å²) >= 11 is 0. The summed E-state index contributed by atoms with van der Waals surface area (Å²) in [5, 5.41) is 5.64. The first-order valence-electron chi connectivity index (χ1n) is 7.05. The fraction of sp³-hybridized carbons (Fsp3) is 0.235. The zero-order valence-corrected chi connectivity index (χ0v) is 12.4. The first kappa shape index (κ1) is 15.1.